The second-order valence-electron chi connectivity index (χ2n) is 8.97. The van der Waals surface area contributed by atoms with Gasteiger partial charge in [0.05, 0.1) is 12.1 Å². The van der Waals surface area contributed by atoms with Gasteiger partial charge in [0.15, 0.2) is 0 Å². The van der Waals surface area contributed by atoms with E-state index in [4.69, 9.17) is 5.73 Å². The van der Waals surface area contributed by atoms with Gasteiger partial charge in [0, 0.05) is 0 Å². The van der Waals surface area contributed by atoms with Crippen LogP contribution in [0.2, 0.25) is 0 Å². The lowest BCUT2D eigenvalue weighted by Gasteiger charge is -2.25. The molecule has 0 saturated carbocycles. The molecule has 1 aromatic rings. The maximum absolute atomic E-state index is 12.8. The van der Waals surface area contributed by atoms with Crippen LogP contribution in [-0.4, -0.2) is 76.1 Å². The molecule has 13 nitrogen and oxygen atoms in total. The molecule has 0 radical (unpaired) electrons. The van der Waals surface area contributed by atoms with Gasteiger partial charge in [0.1, 0.15) is 29.6 Å². The van der Waals surface area contributed by atoms with E-state index in [9.17, 15) is 39.3 Å². The Morgan fingerprint density at radius 1 is 0.921 bits per heavy atom. The molecule has 13 heteroatoms. The van der Waals surface area contributed by atoms with Gasteiger partial charge in [0.2, 0.25) is 17.7 Å². The first kappa shape index (κ1) is 32.2. The lowest BCUT2D eigenvalue weighted by molar-refractivity contribution is -0.142. The second-order valence-corrected chi connectivity index (χ2v) is 8.97. The molecule has 38 heavy (non-hydrogen) atoms. The average Bonchev–Trinajstić information content (AvgIpc) is 2.88. The van der Waals surface area contributed by atoms with Crippen molar-refractivity contribution in [1.29, 1.82) is 0 Å². The number of carbonyl (C=O) groups is 5. The van der Waals surface area contributed by atoms with E-state index < -0.39 is 54.3 Å². The third kappa shape index (κ3) is 10.2. The van der Waals surface area contributed by atoms with Gasteiger partial charge in [-0.25, -0.2) is 4.79 Å². The Morgan fingerprint density at radius 2 is 1.61 bits per heavy atom. The molecule has 0 fully saturated rings. The van der Waals surface area contributed by atoms with Crippen molar-refractivity contribution in [2.24, 2.45) is 11.7 Å². The van der Waals surface area contributed by atoms with Gasteiger partial charge < -0.3 is 42.3 Å². The van der Waals surface area contributed by atoms with Crippen molar-refractivity contribution in [3.05, 3.63) is 23.8 Å². The van der Waals surface area contributed by atoms with Crippen molar-refractivity contribution in [2.45, 2.75) is 71.0 Å². The number of nitrogens with two attached hydrogens (primary N) is 1. The summed E-state index contributed by atoms with van der Waals surface area (Å²) in [5.74, 6) is -4.94. The number of rotatable bonds is 16. The SMILES string of the molecule is CC[C@H](NC(=O)[C@@H](NC(=O)CNC(=O)[C@H](CCCCN)NC(=O)c1cc(O)ccc1O)[C@@H](C)CC)C(=O)O. The Labute approximate surface area is 221 Å². The third-order valence-corrected chi connectivity index (χ3v) is 6.05. The molecule has 1 rings (SSSR count). The zero-order valence-electron chi connectivity index (χ0n) is 22.0. The van der Waals surface area contributed by atoms with Crippen LogP contribution in [0.5, 0.6) is 11.5 Å². The molecule has 4 amide bonds. The van der Waals surface area contributed by atoms with Crippen LogP contribution >= 0.6 is 0 Å². The Kier molecular flexibility index (Phi) is 13.6. The first-order valence-electron chi connectivity index (χ1n) is 12.6. The molecule has 4 atom stereocenters. The highest BCUT2D eigenvalue weighted by Gasteiger charge is 2.30. The molecule has 0 saturated heterocycles. The summed E-state index contributed by atoms with van der Waals surface area (Å²) < 4.78 is 0. The summed E-state index contributed by atoms with van der Waals surface area (Å²) in [5.41, 5.74) is 5.28. The molecule has 0 unspecified atom stereocenters. The molecule has 0 aromatic heterocycles. The third-order valence-electron chi connectivity index (χ3n) is 6.05. The number of nitrogens with one attached hydrogen (secondary N) is 4. The van der Waals surface area contributed by atoms with Gasteiger partial charge in [-0.3, -0.25) is 19.2 Å². The average molecular weight is 538 g/mol. The van der Waals surface area contributed by atoms with E-state index in [0.717, 1.165) is 12.1 Å². The Bertz CT molecular complexity index is 987. The van der Waals surface area contributed by atoms with Gasteiger partial charge in [0.25, 0.3) is 5.91 Å². The number of carboxylic acid groups (broad SMARTS) is 1. The van der Waals surface area contributed by atoms with E-state index in [1.54, 1.807) is 13.8 Å². The lowest BCUT2D eigenvalue weighted by Crippen LogP contribution is -2.56. The number of benzene rings is 1. The molecule has 0 bridgehead atoms. The van der Waals surface area contributed by atoms with Crippen molar-refractivity contribution in [1.82, 2.24) is 21.3 Å². The molecule has 1 aromatic carbocycles. The maximum Gasteiger partial charge on any atom is 0.326 e. The van der Waals surface area contributed by atoms with E-state index in [1.165, 1.54) is 6.07 Å². The second kappa shape index (κ2) is 16.1. The molecule has 0 aliphatic carbocycles. The van der Waals surface area contributed by atoms with Crippen LogP contribution in [-0.2, 0) is 19.2 Å². The molecule has 0 spiro atoms. The van der Waals surface area contributed by atoms with E-state index >= 15 is 0 Å². The molecular formula is C25H39N5O8. The summed E-state index contributed by atoms with van der Waals surface area (Å²) >= 11 is 0. The molecule has 9 N–H and O–H groups in total. The minimum Gasteiger partial charge on any atom is -0.508 e. The molecule has 212 valence electrons. The maximum atomic E-state index is 12.8. The zero-order chi connectivity index (χ0) is 28.8. The number of carbonyl (C=O) groups excluding carboxylic acids is 4. The van der Waals surface area contributed by atoms with Crippen molar-refractivity contribution in [3.63, 3.8) is 0 Å². The summed E-state index contributed by atoms with van der Waals surface area (Å²) in [7, 11) is 0. The largest absolute Gasteiger partial charge is 0.508 e. The number of hydrogen-bond acceptors (Lipinski definition) is 8. The summed E-state index contributed by atoms with van der Waals surface area (Å²) in [6.07, 6.45) is 1.95. The van der Waals surface area contributed by atoms with Crippen LogP contribution in [0.4, 0.5) is 0 Å². The highest BCUT2D eigenvalue weighted by atomic mass is 16.4. The number of carboxylic acids is 1. The minimum atomic E-state index is -1.19. The van der Waals surface area contributed by atoms with Crippen LogP contribution in [0, 0.1) is 5.92 Å². The van der Waals surface area contributed by atoms with Crippen LogP contribution < -0.4 is 27.0 Å². The van der Waals surface area contributed by atoms with Gasteiger partial charge in [-0.1, -0.05) is 27.2 Å². The number of hydrogen-bond donors (Lipinski definition) is 8. The van der Waals surface area contributed by atoms with Crippen LogP contribution in [0.15, 0.2) is 18.2 Å². The number of phenols is 2. The fourth-order valence-electron chi connectivity index (χ4n) is 3.52. The van der Waals surface area contributed by atoms with Gasteiger partial charge in [-0.2, -0.15) is 0 Å². The van der Waals surface area contributed by atoms with E-state index in [-0.39, 0.29) is 35.8 Å². The number of unbranched alkanes of at least 4 members (excludes halogenated alkanes) is 1. The summed E-state index contributed by atoms with van der Waals surface area (Å²) in [5, 5.41) is 38.6. The van der Waals surface area contributed by atoms with Crippen LogP contribution in [0.25, 0.3) is 0 Å². The van der Waals surface area contributed by atoms with E-state index in [0.29, 0.717) is 25.8 Å². The van der Waals surface area contributed by atoms with Crippen molar-refractivity contribution in [2.75, 3.05) is 13.1 Å². The number of aliphatic carboxylic acids is 1. The minimum absolute atomic E-state index is 0.163. The van der Waals surface area contributed by atoms with Crippen LogP contribution in [0.1, 0.15) is 63.2 Å². The Balaban J connectivity index is 2.87. The highest BCUT2D eigenvalue weighted by molar-refractivity contribution is 6.00. The smallest absolute Gasteiger partial charge is 0.326 e. The van der Waals surface area contributed by atoms with Crippen molar-refractivity contribution >= 4 is 29.6 Å². The summed E-state index contributed by atoms with van der Waals surface area (Å²) in [6.45, 7) is 5.01. The summed E-state index contributed by atoms with van der Waals surface area (Å²) in [4.78, 5) is 62.0. The first-order chi connectivity index (χ1) is 17.9. The Hall–Kier alpha value is -3.87. The quantitative estimate of drug-likeness (QED) is 0.104. The Morgan fingerprint density at radius 3 is 2.18 bits per heavy atom. The monoisotopic (exact) mass is 537 g/mol. The van der Waals surface area contributed by atoms with Crippen LogP contribution in [0.3, 0.4) is 0 Å². The van der Waals surface area contributed by atoms with Crippen molar-refractivity contribution in [3.8, 4) is 11.5 Å². The normalized spacial score (nSPS) is 13.9. The molecule has 0 aliphatic heterocycles. The predicted octanol–water partition coefficient (Wildman–Crippen LogP) is -0.0483. The van der Waals surface area contributed by atoms with Crippen molar-refractivity contribution < 1.29 is 39.3 Å². The standard InChI is InChI=1S/C25H39N5O8/c1-4-14(3)21(24(36)28-17(5-2)25(37)38)30-20(33)13-27-23(35)18(8-6-7-11-26)29-22(34)16-12-15(31)9-10-19(16)32/h9-10,12,14,17-18,21,31-32H,4-8,11,13,26H2,1-3H3,(H,27,35)(H,28,36)(H,29,34)(H,30,33)(H,37,38)/t14-,17-,18-,21-/m0/s1. The highest BCUT2D eigenvalue weighted by Crippen LogP contribution is 2.22. The van der Waals surface area contributed by atoms with E-state index in [2.05, 4.69) is 21.3 Å². The predicted molar refractivity (Wildman–Crippen MR) is 138 cm³/mol. The number of amides is 4. The van der Waals surface area contributed by atoms with Gasteiger partial charge in [-0.05, 0) is 56.3 Å². The van der Waals surface area contributed by atoms with Gasteiger partial charge >= 0.3 is 5.97 Å². The number of aromatic hydroxyl groups is 2. The first-order valence-corrected chi connectivity index (χ1v) is 12.6. The fraction of sp³-hybridized carbons (Fsp3) is 0.560. The summed E-state index contributed by atoms with van der Waals surface area (Å²) in [6, 6.07) is 0.202. The fourth-order valence-corrected chi connectivity index (χ4v) is 3.52. The number of phenolic OH excluding ortho intramolecular Hbond substituents is 2. The molecular weight excluding hydrogens is 498 g/mol. The van der Waals surface area contributed by atoms with Gasteiger partial charge in [-0.15, -0.1) is 0 Å². The molecule has 0 heterocycles. The van der Waals surface area contributed by atoms with E-state index in [1.807, 2.05) is 6.92 Å². The zero-order valence-corrected chi connectivity index (χ0v) is 22.0. The molecule has 0 aliphatic rings. The lowest BCUT2D eigenvalue weighted by atomic mass is 9.97. The topological polar surface area (TPSA) is 220 Å².